The molecule has 1 aromatic carbocycles. The number of hydrogen-bond acceptors (Lipinski definition) is 2. The highest BCUT2D eigenvalue weighted by Crippen LogP contribution is 2.15. The molecule has 0 aliphatic rings. The molecule has 0 unspecified atom stereocenters. The Kier molecular flexibility index (Phi) is 5.79. The van der Waals surface area contributed by atoms with Gasteiger partial charge in [0.05, 0.1) is 6.54 Å². The third kappa shape index (κ3) is 4.92. The van der Waals surface area contributed by atoms with E-state index in [1.165, 1.54) is 0 Å². The second-order valence-corrected chi connectivity index (χ2v) is 4.28. The summed E-state index contributed by atoms with van der Waals surface area (Å²) in [6, 6.07) is 7.80. The van der Waals surface area contributed by atoms with Crippen LogP contribution in [0.1, 0.15) is 19.4 Å². The molecule has 3 heteroatoms. The summed E-state index contributed by atoms with van der Waals surface area (Å²) >= 11 is 0. The van der Waals surface area contributed by atoms with E-state index < -0.39 is 0 Å². The van der Waals surface area contributed by atoms with E-state index >= 15 is 0 Å². The van der Waals surface area contributed by atoms with E-state index in [1.54, 1.807) is 0 Å². The molecule has 0 saturated carbocycles. The Morgan fingerprint density at radius 2 is 2.06 bits per heavy atom. The molecule has 0 aliphatic carbocycles. The Morgan fingerprint density at radius 3 is 2.72 bits per heavy atom. The normalized spacial score (nSPS) is 9.56. The molecule has 18 heavy (non-hydrogen) atoms. The molecule has 1 rings (SSSR count). The van der Waals surface area contributed by atoms with Crippen LogP contribution in [0.25, 0.3) is 0 Å². The lowest BCUT2D eigenvalue weighted by Gasteiger charge is -2.05. The molecule has 0 saturated heterocycles. The fraction of sp³-hybridized carbons (Fsp3) is 0.400. The van der Waals surface area contributed by atoms with Crippen LogP contribution in [0.2, 0.25) is 0 Å². The van der Waals surface area contributed by atoms with E-state index in [2.05, 4.69) is 17.2 Å². The standard InChI is InChI=1S/C15H19NO2/c1-12(2)15(17)16-10-6-7-11-18-14-9-5-4-8-13(14)3/h4-5,8-9,12H,10-11H2,1-3H3,(H,16,17). The van der Waals surface area contributed by atoms with Crippen LogP contribution >= 0.6 is 0 Å². The minimum Gasteiger partial charge on any atom is -0.481 e. The van der Waals surface area contributed by atoms with E-state index in [1.807, 2.05) is 45.0 Å². The van der Waals surface area contributed by atoms with Crippen LogP contribution in [0.3, 0.4) is 0 Å². The van der Waals surface area contributed by atoms with Gasteiger partial charge in [-0.2, -0.15) is 0 Å². The molecule has 1 amide bonds. The first-order chi connectivity index (χ1) is 8.61. The van der Waals surface area contributed by atoms with Crippen molar-refractivity contribution in [3.63, 3.8) is 0 Å². The Balaban J connectivity index is 2.27. The third-order valence-electron chi connectivity index (χ3n) is 2.39. The van der Waals surface area contributed by atoms with Gasteiger partial charge in [-0.1, -0.05) is 43.9 Å². The number of hydrogen-bond donors (Lipinski definition) is 1. The number of carbonyl (C=O) groups is 1. The summed E-state index contributed by atoms with van der Waals surface area (Å²) < 4.78 is 5.50. The first-order valence-electron chi connectivity index (χ1n) is 6.03. The van der Waals surface area contributed by atoms with Gasteiger partial charge in [0.15, 0.2) is 0 Å². The van der Waals surface area contributed by atoms with Crippen molar-refractivity contribution in [3.05, 3.63) is 29.8 Å². The zero-order valence-corrected chi connectivity index (χ0v) is 11.1. The summed E-state index contributed by atoms with van der Waals surface area (Å²) in [6.45, 7) is 6.40. The highest BCUT2D eigenvalue weighted by atomic mass is 16.5. The Bertz CT molecular complexity index is 455. The lowest BCUT2D eigenvalue weighted by atomic mass is 10.2. The van der Waals surface area contributed by atoms with Crippen molar-refractivity contribution in [1.29, 1.82) is 0 Å². The van der Waals surface area contributed by atoms with Crippen LogP contribution in [-0.4, -0.2) is 19.1 Å². The van der Waals surface area contributed by atoms with Crippen molar-refractivity contribution in [1.82, 2.24) is 5.32 Å². The SMILES string of the molecule is Cc1ccccc1OCC#CCNC(=O)C(C)C. The maximum atomic E-state index is 11.2. The van der Waals surface area contributed by atoms with Crippen molar-refractivity contribution < 1.29 is 9.53 Å². The first-order valence-corrected chi connectivity index (χ1v) is 6.03. The van der Waals surface area contributed by atoms with Crippen LogP contribution in [0.5, 0.6) is 5.75 Å². The molecule has 0 radical (unpaired) electrons. The third-order valence-corrected chi connectivity index (χ3v) is 2.39. The van der Waals surface area contributed by atoms with Gasteiger partial charge in [-0.05, 0) is 18.6 Å². The fourth-order valence-electron chi connectivity index (χ4n) is 1.28. The predicted octanol–water partition coefficient (Wildman–Crippen LogP) is 2.15. The molecule has 0 heterocycles. The monoisotopic (exact) mass is 245 g/mol. The quantitative estimate of drug-likeness (QED) is 0.825. The van der Waals surface area contributed by atoms with Crippen LogP contribution in [0.4, 0.5) is 0 Å². The number of nitrogens with one attached hydrogen (secondary N) is 1. The molecular formula is C15H19NO2. The van der Waals surface area contributed by atoms with Gasteiger partial charge in [0.2, 0.25) is 5.91 Å². The number of para-hydroxylation sites is 1. The van der Waals surface area contributed by atoms with Gasteiger partial charge < -0.3 is 10.1 Å². The van der Waals surface area contributed by atoms with E-state index in [0.29, 0.717) is 13.2 Å². The summed E-state index contributed by atoms with van der Waals surface area (Å²) in [5, 5.41) is 2.72. The molecule has 96 valence electrons. The maximum absolute atomic E-state index is 11.2. The number of benzene rings is 1. The number of rotatable bonds is 4. The van der Waals surface area contributed by atoms with Crippen LogP contribution in [-0.2, 0) is 4.79 Å². The number of ether oxygens (including phenoxy) is 1. The molecule has 0 bridgehead atoms. The Morgan fingerprint density at radius 1 is 1.33 bits per heavy atom. The summed E-state index contributed by atoms with van der Waals surface area (Å²) in [7, 11) is 0. The Hall–Kier alpha value is -1.95. The molecule has 0 spiro atoms. The summed E-state index contributed by atoms with van der Waals surface area (Å²) in [5.41, 5.74) is 1.09. The van der Waals surface area contributed by atoms with Crippen molar-refractivity contribution >= 4 is 5.91 Å². The number of aryl methyl sites for hydroxylation is 1. The van der Waals surface area contributed by atoms with Crippen LogP contribution in [0.15, 0.2) is 24.3 Å². The minimum absolute atomic E-state index is 0.00461. The van der Waals surface area contributed by atoms with E-state index in [0.717, 1.165) is 11.3 Å². The van der Waals surface area contributed by atoms with Crippen LogP contribution in [0, 0.1) is 24.7 Å². The minimum atomic E-state index is -0.00461. The molecule has 1 aromatic rings. The zero-order valence-electron chi connectivity index (χ0n) is 11.1. The highest BCUT2D eigenvalue weighted by molar-refractivity contribution is 5.78. The van der Waals surface area contributed by atoms with Gasteiger partial charge in [-0.15, -0.1) is 0 Å². The molecule has 0 atom stereocenters. The Labute approximate surface area is 109 Å². The summed E-state index contributed by atoms with van der Waals surface area (Å²) in [6.07, 6.45) is 0. The molecular weight excluding hydrogens is 226 g/mol. The second kappa shape index (κ2) is 7.39. The van der Waals surface area contributed by atoms with Crippen LogP contribution < -0.4 is 10.1 Å². The molecule has 0 aliphatic heterocycles. The number of carbonyl (C=O) groups excluding carboxylic acids is 1. The maximum Gasteiger partial charge on any atom is 0.223 e. The van der Waals surface area contributed by atoms with Gasteiger partial charge in [-0.3, -0.25) is 4.79 Å². The highest BCUT2D eigenvalue weighted by Gasteiger charge is 2.03. The van der Waals surface area contributed by atoms with Gasteiger partial charge in [0.1, 0.15) is 12.4 Å². The molecule has 1 N–H and O–H groups in total. The van der Waals surface area contributed by atoms with Crippen molar-refractivity contribution in [2.75, 3.05) is 13.2 Å². The van der Waals surface area contributed by atoms with Gasteiger partial charge in [0, 0.05) is 5.92 Å². The predicted molar refractivity (Wildman–Crippen MR) is 72.3 cm³/mol. The topological polar surface area (TPSA) is 38.3 Å². The lowest BCUT2D eigenvalue weighted by Crippen LogP contribution is -2.27. The first kappa shape index (κ1) is 14.1. The van der Waals surface area contributed by atoms with Gasteiger partial charge >= 0.3 is 0 Å². The summed E-state index contributed by atoms with van der Waals surface area (Å²) in [5.74, 6) is 6.58. The molecule has 3 nitrogen and oxygen atoms in total. The zero-order chi connectivity index (χ0) is 13.4. The van der Waals surface area contributed by atoms with E-state index in [4.69, 9.17) is 4.74 Å². The molecule has 0 aromatic heterocycles. The second-order valence-electron chi connectivity index (χ2n) is 4.28. The van der Waals surface area contributed by atoms with E-state index in [9.17, 15) is 4.79 Å². The largest absolute Gasteiger partial charge is 0.481 e. The van der Waals surface area contributed by atoms with E-state index in [-0.39, 0.29) is 11.8 Å². The summed E-state index contributed by atoms with van der Waals surface area (Å²) in [4.78, 5) is 11.2. The van der Waals surface area contributed by atoms with Crippen molar-refractivity contribution in [3.8, 4) is 17.6 Å². The van der Waals surface area contributed by atoms with Gasteiger partial charge in [-0.25, -0.2) is 0 Å². The average Bonchev–Trinajstić information content (AvgIpc) is 2.35. The van der Waals surface area contributed by atoms with Gasteiger partial charge in [0.25, 0.3) is 0 Å². The number of amides is 1. The smallest absolute Gasteiger partial charge is 0.223 e. The average molecular weight is 245 g/mol. The molecule has 0 fully saturated rings. The van der Waals surface area contributed by atoms with Crippen molar-refractivity contribution in [2.24, 2.45) is 5.92 Å². The fourth-order valence-corrected chi connectivity index (χ4v) is 1.28. The lowest BCUT2D eigenvalue weighted by molar-refractivity contribution is -0.123. The van der Waals surface area contributed by atoms with Crippen molar-refractivity contribution in [2.45, 2.75) is 20.8 Å².